The number of pyridine rings is 1. The highest BCUT2D eigenvalue weighted by molar-refractivity contribution is 5.78. The number of nitrogens with one attached hydrogen (secondary N) is 1. The van der Waals surface area contributed by atoms with Crippen molar-refractivity contribution in [2.45, 2.75) is 44.8 Å². The van der Waals surface area contributed by atoms with Crippen molar-refractivity contribution in [3.63, 3.8) is 0 Å². The highest BCUT2D eigenvalue weighted by atomic mass is 16.5. The van der Waals surface area contributed by atoms with Gasteiger partial charge in [-0.1, -0.05) is 31.4 Å². The third kappa shape index (κ3) is 4.26. The lowest BCUT2D eigenvalue weighted by atomic mass is 9.98. The molecule has 112 valence electrons. The Balaban J connectivity index is 1.39. The van der Waals surface area contributed by atoms with E-state index >= 15 is 0 Å². The van der Waals surface area contributed by atoms with Crippen molar-refractivity contribution in [2.24, 2.45) is 0 Å². The minimum absolute atomic E-state index is 0.507. The molecule has 0 radical (unpaired) electrons. The van der Waals surface area contributed by atoms with E-state index < -0.39 is 0 Å². The fourth-order valence-corrected chi connectivity index (χ4v) is 3.00. The van der Waals surface area contributed by atoms with E-state index in [1.165, 1.54) is 43.1 Å². The van der Waals surface area contributed by atoms with Gasteiger partial charge in [0, 0.05) is 24.7 Å². The minimum Gasteiger partial charge on any atom is -0.377 e. The van der Waals surface area contributed by atoms with E-state index in [0.29, 0.717) is 6.10 Å². The van der Waals surface area contributed by atoms with Crippen molar-refractivity contribution >= 4 is 10.9 Å². The fraction of sp³-hybridized carbons (Fsp3) is 0.500. The zero-order valence-electron chi connectivity index (χ0n) is 12.6. The minimum atomic E-state index is 0.507. The molecule has 21 heavy (non-hydrogen) atoms. The summed E-state index contributed by atoms with van der Waals surface area (Å²) in [7, 11) is 0. The Morgan fingerprint density at radius 3 is 2.95 bits per heavy atom. The normalized spacial score (nSPS) is 16.4. The molecule has 1 fully saturated rings. The molecule has 1 aromatic heterocycles. The maximum Gasteiger partial charge on any atom is 0.0702 e. The van der Waals surface area contributed by atoms with Crippen LogP contribution in [0.4, 0.5) is 0 Å². The SMILES string of the molecule is c1cnc2ccc(CNCCOC3CCCCC3)cc2c1. The largest absolute Gasteiger partial charge is 0.377 e. The van der Waals surface area contributed by atoms with E-state index in [-0.39, 0.29) is 0 Å². The smallest absolute Gasteiger partial charge is 0.0702 e. The summed E-state index contributed by atoms with van der Waals surface area (Å²) in [6, 6.07) is 10.5. The molecular weight excluding hydrogens is 260 g/mol. The van der Waals surface area contributed by atoms with E-state index in [1.54, 1.807) is 0 Å². The first-order valence-corrected chi connectivity index (χ1v) is 8.08. The Bertz CT molecular complexity index is 564. The third-order valence-corrected chi connectivity index (χ3v) is 4.18. The number of hydrogen-bond donors (Lipinski definition) is 1. The van der Waals surface area contributed by atoms with Gasteiger partial charge in [-0.15, -0.1) is 0 Å². The molecule has 0 unspecified atom stereocenters. The molecule has 1 aliphatic rings. The summed E-state index contributed by atoms with van der Waals surface area (Å²) in [6.45, 7) is 2.63. The van der Waals surface area contributed by atoms with Crippen molar-refractivity contribution in [3.05, 3.63) is 42.1 Å². The van der Waals surface area contributed by atoms with Crippen molar-refractivity contribution < 1.29 is 4.74 Å². The average molecular weight is 284 g/mol. The van der Waals surface area contributed by atoms with Gasteiger partial charge in [0.15, 0.2) is 0 Å². The van der Waals surface area contributed by atoms with E-state index in [0.717, 1.165) is 25.2 Å². The molecule has 0 aliphatic heterocycles. The quantitative estimate of drug-likeness (QED) is 0.822. The monoisotopic (exact) mass is 284 g/mol. The molecule has 3 heteroatoms. The molecule has 1 heterocycles. The topological polar surface area (TPSA) is 34.2 Å². The Labute approximate surface area is 126 Å². The third-order valence-electron chi connectivity index (χ3n) is 4.18. The van der Waals surface area contributed by atoms with Gasteiger partial charge in [-0.25, -0.2) is 0 Å². The predicted molar refractivity (Wildman–Crippen MR) is 86.3 cm³/mol. The second-order valence-electron chi connectivity index (χ2n) is 5.84. The Morgan fingerprint density at radius 2 is 2.05 bits per heavy atom. The van der Waals surface area contributed by atoms with Crippen LogP contribution in [0.5, 0.6) is 0 Å². The standard InChI is InChI=1S/C18H24N2O/c1-2-6-17(7-3-1)21-12-11-19-14-15-8-9-18-16(13-15)5-4-10-20-18/h4-5,8-10,13,17,19H,1-3,6-7,11-12,14H2. The number of rotatable bonds is 6. The number of hydrogen-bond acceptors (Lipinski definition) is 3. The maximum atomic E-state index is 5.92. The summed E-state index contributed by atoms with van der Waals surface area (Å²) < 4.78 is 5.92. The lowest BCUT2D eigenvalue weighted by Crippen LogP contribution is -2.24. The molecule has 1 saturated carbocycles. The fourth-order valence-electron chi connectivity index (χ4n) is 3.00. The van der Waals surface area contributed by atoms with Crippen molar-refractivity contribution in [3.8, 4) is 0 Å². The lowest BCUT2D eigenvalue weighted by molar-refractivity contribution is 0.0302. The van der Waals surface area contributed by atoms with Gasteiger partial charge >= 0.3 is 0 Å². The number of aromatic nitrogens is 1. The lowest BCUT2D eigenvalue weighted by Gasteiger charge is -2.22. The molecular formula is C18H24N2O. The van der Waals surface area contributed by atoms with Gasteiger partial charge in [0.1, 0.15) is 0 Å². The highest BCUT2D eigenvalue weighted by Gasteiger charge is 2.12. The van der Waals surface area contributed by atoms with Crippen LogP contribution < -0.4 is 5.32 Å². The van der Waals surface area contributed by atoms with Gasteiger partial charge in [0.05, 0.1) is 18.2 Å². The summed E-state index contributed by atoms with van der Waals surface area (Å²) in [4.78, 5) is 4.34. The second kappa shape index (κ2) is 7.53. The van der Waals surface area contributed by atoms with E-state index in [9.17, 15) is 0 Å². The van der Waals surface area contributed by atoms with Crippen molar-refractivity contribution in [2.75, 3.05) is 13.2 Å². The van der Waals surface area contributed by atoms with Crippen LogP contribution in [0.15, 0.2) is 36.5 Å². The first kappa shape index (κ1) is 14.5. The first-order chi connectivity index (χ1) is 10.4. The number of fused-ring (bicyclic) bond motifs is 1. The van der Waals surface area contributed by atoms with Gasteiger partial charge in [0.2, 0.25) is 0 Å². The molecule has 0 bridgehead atoms. The molecule has 3 rings (SSSR count). The van der Waals surface area contributed by atoms with Crippen molar-refractivity contribution in [1.29, 1.82) is 0 Å². The molecule has 2 aromatic rings. The summed E-state index contributed by atoms with van der Waals surface area (Å²) in [6.07, 6.45) is 8.90. The number of nitrogens with zero attached hydrogens (tertiary/aromatic N) is 1. The predicted octanol–water partition coefficient (Wildman–Crippen LogP) is 3.67. The average Bonchev–Trinajstić information content (AvgIpc) is 2.55. The molecule has 1 aromatic carbocycles. The molecule has 0 atom stereocenters. The van der Waals surface area contributed by atoms with E-state index in [1.807, 2.05) is 12.3 Å². The number of benzene rings is 1. The van der Waals surface area contributed by atoms with Gasteiger partial charge in [-0.05, 0) is 36.6 Å². The van der Waals surface area contributed by atoms with Crippen LogP contribution in [-0.4, -0.2) is 24.2 Å². The molecule has 3 nitrogen and oxygen atoms in total. The summed E-state index contributed by atoms with van der Waals surface area (Å²) >= 11 is 0. The summed E-state index contributed by atoms with van der Waals surface area (Å²) in [5.74, 6) is 0. The zero-order valence-corrected chi connectivity index (χ0v) is 12.6. The van der Waals surface area contributed by atoms with Crippen LogP contribution in [-0.2, 0) is 11.3 Å². The van der Waals surface area contributed by atoms with Gasteiger partial charge in [-0.3, -0.25) is 4.98 Å². The first-order valence-electron chi connectivity index (χ1n) is 8.08. The Kier molecular flexibility index (Phi) is 5.19. The van der Waals surface area contributed by atoms with Gasteiger partial charge in [-0.2, -0.15) is 0 Å². The van der Waals surface area contributed by atoms with Crippen LogP contribution in [0.25, 0.3) is 10.9 Å². The molecule has 0 saturated heterocycles. The van der Waals surface area contributed by atoms with E-state index in [2.05, 4.69) is 34.6 Å². The molecule has 1 N–H and O–H groups in total. The van der Waals surface area contributed by atoms with Crippen LogP contribution in [0.1, 0.15) is 37.7 Å². The summed E-state index contributed by atoms with van der Waals surface area (Å²) in [5.41, 5.74) is 2.36. The van der Waals surface area contributed by atoms with Crippen LogP contribution in [0, 0.1) is 0 Å². The Hall–Kier alpha value is -1.45. The van der Waals surface area contributed by atoms with Crippen LogP contribution in [0.2, 0.25) is 0 Å². The van der Waals surface area contributed by atoms with Crippen LogP contribution >= 0.6 is 0 Å². The molecule has 0 spiro atoms. The Morgan fingerprint density at radius 1 is 1.14 bits per heavy atom. The van der Waals surface area contributed by atoms with Crippen LogP contribution in [0.3, 0.4) is 0 Å². The second-order valence-corrected chi connectivity index (χ2v) is 5.84. The molecule has 1 aliphatic carbocycles. The molecule has 0 amide bonds. The zero-order chi connectivity index (χ0) is 14.3. The van der Waals surface area contributed by atoms with E-state index in [4.69, 9.17) is 4.74 Å². The van der Waals surface area contributed by atoms with Gasteiger partial charge in [0.25, 0.3) is 0 Å². The maximum absolute atomic E-state index is 5.92. The van der Waals surface area contributed by atoms with Crippen molar-refractivity contribution in [1.82, 2.24) is 10.3 Å². The highest BCUT2D eigenvalue weighted by Crippen LogP contribution is 2.19. The summed E-state index contributed by atoms with van der Waals surface area (Å²) in [5, 5.41) is 4.66. The van der Waals surface area contributed by atoms with Gasteiger partial charge < -0.3 is 10.1 Å². The number of ether oxygens (including phenoxy) is 1.